The van der Waals surface area contributed by atoms with Gasteiger partial charge in [0.15, 0.2) is 0 Å². The van der Waals surface area contributed by atoms with Crippen molar-refractivity contribution in [2.45, 2.75) is 30.2 Å². The van der Waals surface area contributed by atoms with Crippen LogP contribution in [0.2, 0.25) is 5.02 Å². The van der Waals surface area contributed by atoms with Gasteiger partial charge in [-0.15, -0.1) is 0 Å². The lowest BCUT2D eigenvalue weighted by atomic mass is 10.2. The molecule has 0 unspecified atom stereocenters. The lowest BCUT2D eigenvalue weighted by Gasteiger charge is -2.11. The highest BCUT2D eigenvalue weighted by molar-refractivity contribution is 7.89. The third kappa shape index (κ3) is 3.89. The van der Waals surface area contributed by atoms with Crippen LogP contribution in [-0.4, -0.2) is 27.5 Å². The maximum Gasteiger partial charge on any atom is 0.240 e. The summed E-state index contributed by atoms with van der Waals surface area (Å²) in [7, 11) is -3.62. The fraction of sp³-hybridized carbons (Fsp3) is 0.500. The van der Waals surface area contributed by atoms with Gasteiger partial charge in [0.1, 0.15) is 5.82 Å². The molecule has 0 radical (unpaired) electrons. The molecular weight excluding hydrogens is 291 g/mol. The molecule has 1 atom stereocenters. The Morgan fingerprint density at radius 2 is 2.26 bits per heavy atom. The van der Waals surface area contributed by atoms with Crippen molar-refractivity contribution in [1.29, 1.82) is 0 Å². The molecule has 1 aromatic rings. The molecule has 0 bridgehead atoms. The Hall–Kier alpha value is -0.690. The fourth-order valence-corrected chi connectivity index (χ4v) is 3.42. The van der Waals surface area contributed by atoms with Crippen molar-refractivity contribution in [2.75, 3.05) is 13.1 Å². The van der Waals surface area contributed by atoms with Gasteiger partial charge in [0.2, 0.25) is 10.0 Å². The summed E-state index contributed by atoms with van der Waals surface area (Å²) in [6.45, 7) is 1.35. The highest BCUT2D eigenvalue weighted by Gasteiger charge is 2.18. The first-order valence-electron chi connectivity index (χ1n) is 6.17. The second kappa shape index (κ2) is 6.17. The smallest absolute Gasteiger partial charge is 0.240 e. The van der Waals surface area contributed by atoms with E-state index in [4.69, 9.17) is 11.6 Å². The van der Waals surface area contributed by atoms with Gasteiger partial charge >= 0.3 is 0 Å². The van der Waals surface area contributed by atoms with Crippen LogP contribution in [0.3, 0.4) is 0 Å². The molecule has 7 heteroatoms. The second-order valence-corrected chi connectivity index (χ2v) is 6.73. The highest BCUT2D eigenvalue weighted by Crippen LogP contribution is 2.19. The van der Waals surface area contributed by atoms with E-state index in [1.54, 1.807) is 0 Å². The van der Waals surface area contributed by atoms with Gasteiger partial charge < -0.3 is 5.32 Å². The standard InChI is InChI=1S/C12H16ClFN2O2S/c13-11-8-10(3-4-12(11)14)19(17,18)16-7-5-9-2-1-6-15-9/h3-4,8-9,15-16H,1-2,5-7H2/t9-/m1/s1. The maximum atomic E-state index is 13.0. The van der Waals surface area contributed by atoms with Crippen molar-refractivity contribution >= 4 is 21.6 Å². The molecule has 0 amide bonds. The molecule has 1 aromatic carbocycles. The van der Waals surface area contributed by atoms with Crippen LogP contribution in [0, 0.1) is 5.82 Å². The monoisotopic (exact) mass is 306 g/mol. The van der Waals surface area contributed by atoms with Crippen molar-refractivity contribution in [3.63, 3.8) is 0 Å². The van der Waals surface area contributed by atoms with E-state index in [0.717, 1.165) is 37.9 Å². The van der Waals surface area contributed by atoms with Crippen LogP contribution in [0.25, 0.3) is 0 Å². The van der Waals surface area contributed by atoms with E-state index in [0.29, 0.717) is 12.6 Å². The van der Waals surface area contributed by atoms with Gasteiger partial charge in [-0.2, -0.15) is 0 Å². The Morgan fingerprint density at radius 1 is 1.47 bits per heavy atom. The first kappa shape index (κ1) is 14.7. The van der Waals surface area contributed by atoms with Crippen LogP contribution in [0.1, 0.15) is 19.3 Å². The zero-order chi connectivity index (χ0) is 13.9. The molecule has 1 heterocycles. The topological polar surface area (TPSA) is 58.2 Å². The largest absolute Gasteiger partial charge is 0.314 e. The number of benzene rings is 1. The minimum atomic E-state index is -3.62. The number of halogens is 2. The average Bonchev–Trinajstić information content (AvgIpc) is 2.85. The summed E-state index contributed by atoms with van der Waals surface area (Å²) in [6.07, 6.45) is 2.95. The minimum absolute atomic E-state index is 0.0155. The normalized spacial score (nSPS) is 19.8. The minimum Gasteiger partial charge on any atom is -0.314 e. The van der Waals surface area contributed by atoms with Crippen LogP contribution < -0.4 is 10.0 Å². The van der Waals surface area contributed by atoms with Crippen molar-refractivity contribution < 1.29 is 12.8 Å². The zero-order valence-electron chi connectivity index (χ0n) is 10.3. The van der Waals surface area contributed by atoms with Gasteiger partial charge in [-0.05, 0) is 44.0 Å². The summed E-state index contributed by atoms with van der Waals surface area (Å²) >= 11 is 5.58. The van der Waals surface area contributed by atoms with E-state index < -0.39 is 15.8 Å². The summed E-state index contributed by atoms with van der Waals surface area (Å²) in [5.74, 6) is -0.629. The van der Waals surface area contributed by atoms with E-state index in [9.17, 15) is 12.8 Å². The third-order valence-corrected chi connectivity index (χ3v) is 4.90. The zero-order valence-corrected chi connectivity index (χ0v) is 11.9. The molecule has 1 aliphatic heterocycles. The van der Waals surface area contributed by atoms with E-state index in [1.807, 2.05) is 0 Å². The number of hydrogen-bond acceptors (Lipinski definition) is 3. The summed E-state index contributed by atoms with van der Waals surface area (Å²) in [4.78, 5) is -0.0155. The van der Waals surface area contributed by atoms with Gasteiger partial charge in [0.05, 0.1) is 9.92 Å². The van der Waals surface area contributed by atoms with Crippen LogP contribution in [-0.2, 0) is 10.0 Å². The van der Waals surface area contributed by atoms with E-state index in [2.05, 4.69) is 10.0 Å². The highest BCUT2D eigenvalue weighted by atomic mass is 35.5. The van der Waals surface area contributed by atoms with Gasteiger partial charge in [0.25, 0.3) is 0 Å². The molecule has 0 aliphatic carbocycles. The lowest BCUT2D eigenvalue weighted by Crippen LogP contribution is -2.30. The van der Waals surface area contributed by atoms with Crippen molar-refractivity contribution in [3.05, 3.63) is 29.0 Å². The van der Waals surface area contributed by atoms with Crippen molar-refractivity contribution in [1.82, 2.24) is 10.0 Å². The van der Waals surface area contributed by atoms with Gasteiger partial charge in [0, 0.05) is 12.6 Å². The summed E-state index contributed by atoms with van der Waals surface area (Å²) in [6, 6.07) is 3.75. The summed E-state index contributed by atoms with van der Waals surface area (Å²) in [5.41, 5.74) is 0. The Labute approximate surface area is 117 Å². The van der Waals surface area contributed by atoms with Gasteiger partial charge in [-0.3, -0.25) is 0 Å². The predicted octanol–water partition coefficient (Wildman–Crippen LogP) is 1.90. The van der Waals surface area contributed by atoms with Crippen LogP contribution in [0.4, 0.5) is 4.39 Å². The van der Waals surface area contributed by atoms with E-state index in [1.165, 1.54) is 6.07 Å². The molecule has 2 rings (SSSR count). The number of sulfonamides is 1. The Bertz CT molecular complexity index is 545. The molecule has 1 saturated heterocycles. The molecule has 0 aromatic heterocycles. The molecule has 1 aliphatic rings. The molecule has 1 fully saturated rings. The SMILES string of the molecule is O=S(=O)(NCC[C@H]1CCCN1)c1ccc(F)c(Cl)c1. The number of nitrogens with one attached hydrogen (secondary N) is 2. The number of hydrogen-bond donors (Lipinski definition) is 2. The first-order valence-corrected chi connectivity index (χ1v) is 8.03. The second-order valence-electron chi connectivity index (χ2n) is 4.56. The Kier molecular flexibility index (Phi) is 4.78. The number of rotatable bonds is 5. The summed E-state index contributed by atoms with van der Waals surface area (Å²) in [5, 5.41) is 3.10. The van der Waals surface area contributed by atoms with Gasteiger partial charge in [-0.1, -0.05) is 11.6 Å². The van der Waals surface area contributed by atoms with E-state index >= 15 is 0 Å². The molecule has 106 valence electrons. The van der Waals surface area contributed by atoms with Crippen LogP contribution in [0.15, 0.2) is 23.1 Å². The van der Waals surface area contributed by atoms with Crippen molar-refractivity contribution in [3.8, 4) is 0 Å². The molecule has 0 spiro atoms. The fourth-order valence-electron chi connectivity index (χ4n) is 2.10. The summed E-state index contributed by atoms with van der Waals surface area (Å²) < 4.78 is 39.4. The van der Waals surface area contributed by atoms with Gasteiger partial charge in [-0.25, -0.2) is 17.5 Å². The lowest BCUT2D eigenvalue weighted by molar-refractivity contribution is 0.539. The Balaban J connectivity index is 1.95. The Morgan fingerprint density at radius 3 is 2.89 bits per heavy atom. The van der Waals surface area contributed by atoms with Crippen LogP contribution in [0.5, 0.6) is 0 Å². The van der Waals surface area contributed by atoms with E-state index in [-0.39, 0.29) is 9.92 Å². The molecule has 2 N–H and O–H groups in total. The maximum absolute atomic E-state index is 13.0. The molecule has 4 nitrogen and oxygen atoms in total. The third-order valence-electron chi connectivity index (χ3n) is 3.15. The first-order chi connectivity index (χ1) is 8.99. The molecule has 0 saturated carbocycles. The molecule has 19 heavy (non-hydrogen) atoms. The van der Waals surface area contributed by atoms with Crippen molar-refractivity contribution in [2.24, 2.45) is 0 Å². The molecular formula is C12H16ClFN2O2S. The quantitative estimate of drug-likeness (QED) is 0.873. The predicted molar refractivity (Wildman–Crippen MR) is 72.2 cm³/mol. The van der Waals surface area contributed by atoms with Crippen LogP contribution >= 0.6 is 11.6 Å². The average molecular weight is 307 g/mol.